The van der Waals surface area contributed by atoms with Gasteiger partial charge in [-0.25, -0.2) is 12.8 Å². The van der Waals surface area contributed by atoms with Gasteiger partial charge < -0.3 is 10.1 Å². The van der Waals surface area contributed by atoms with Gasteiger partial charge >= 0.3 is 0 Å². The van der Waals surface area contributed by atoms with Gasteiger partial charge in [0.2, 0.25) is 5.91 Å². The van der Waals surface area contributed by atoms with Gasteiger partial charge in [0.25, 0.3) is 10.0 Å². The monoisotopic (exact) mass is 454 g/mol. The molecule has 0 atom stereocenters. The molecule has 166 valence electrons. The van der Waals surface area contributed by atoms with Gasteiger partial charge in [-0.2, -0.15) is 0 Å². The van der Waals surface area contributed by atoms with E-state index in [-0.39, 0.29) is 10.6 Å². The van der Waals surface area contributed by atoms with Gasteiger partial charge in [0.05, 0.1) is 10.6 Å². The molecule has 0 spiro atoms. The van der Waals surface area contributed by atoms with E-state index < -0.39 is 28.3 Å². The highest BCUT2D eigenvalue weighted by Crippen LogP contribution is 2.26. The van der Waals surface area contributed by atoms with Crippen LogP contribution in [-0.4, -0.2) is 27.5 Å². The Kier molecular flexibility index (Phi) is 7.27. The summed E-state index contributed by atoms with van der Waals surface area (Å²) in [5.74, 6) is -0.777. The van der Waals surface area contributed by atoms with Crippen molar-refractivity contribution in [2.45, 2.75) is 11.8 Å². The molecule has 1 N–H and O–H groups in total. The molecule has 3 aromatic carbocycles. The van der Waals surface area contributed by atoms with Crippen molar-refractivity contribution in [3.8, 4) is 5.75 Å². The number of hydrogen-bond acceptors (Lipinski definition) is 4. The number of anilines is 2. The van der Waals surface area contributed by atoms with E-state index in [0.717, 1.165) is 15.9 Å². The Bertz CT molecular complexity index is 1190. The van der Waals surface area contributed by atoms with E-state index in [1.54, 1.807) is 42.5 Å². The molecule has 0 aromatic heterocycles. The molecule has 3 rings (SSSR count). The molecule has 0 saturated carbocycles. The summed E-state index contributed by atoms with van der Waals surface area (Å²) in [5, 5.41) is 2.63. The average molecular weight is 455 g/mol. The fourth-order valence-electron chi connectivity index (χ4n) is 2.91. The second kappa shape index (κ2) is 10.1. The summed E-state index contributed by atoms with van der Waals surface area (Å²) in [4.78, 5) is 12.7. The summed E-state index contributed by atoms with van der Waals surface area (Å²) in [5.41, 5.74) is 1.11. The lowest BCUT2D eigenvalue weighted by Crippen LogP contribution is -2.38. The minimum Gasteiger partial charge on any atom is -0.490 e. The van der Waals surface area contributed by atoms with Crippen LogP contribution in [0.4, 0.5) is 15.8 Å². The summed E-state index contributed by atoms with van der Waals surface area (Å²) in [7, 11) is -4.19. The molecule has 0 saturated heterocycles. The van der Waals surface area contributed by atoms with Crippen LogP contribution >= 0.6 is 0 Å². The van der Waals surface area contributed by atoms with Crippen molar-refractivity contribution in [2.75, 3.05) is 22.8 Å². The highest BCUT2D eigenvalue weighted by Gasteiger charge is 2.29. The summed E-state index contributed by atoms with van der Waals surface area (Å²) in [6.45, 7) is 5.14. The number of rotatable bonds is 9. The van der Waals surface area contributed by atoms with Crippen LogP contribution in [-0.2, 0) is 14.8 Å². The van der Waals surface area contributed by atoms with Crippen molar-refractivity contribution >= 4 is 27.3 Å². The van der Waals surface area contributed by atoms with Crippen molar-refractivity contribution in [1.29, 1.82) is 0 Å². The smallest absolute Gasteiger partial charge is 0.264 e. The highest BCUT2D eigenvalue weighted by atomic mass is 32.2. The van der Waals surface area contributed by atoms with Crippen LogP contribution in [0.5, 0.6) is 5.75 Å². The molecule has 0 aliphatic heterocycles. The van der Waals surface area contributed by atoms with Crippen molar-refractivity contribution < 1.29 is 22.3 Å². The van der Waals surface area contributed by atoms with Gasteiger partial charge in [-0.3, -0.25) is 9.10 Å². The number of para-hydroxylation sites is 1. The number of amides is 1. The first-order valence-electron chi connectivity index (χ1n) is 9.79. The summed E-state index contributed by atoms with van der Waals surface area (Å²) in [6.07, 6.45) is 1.61. The fraction of sp³-hybridized carbons (Fsp3) is 0.125. The lowest BCUT2D eigenvalue weighted by molar-refractivity contribution is -0.114. The number of benzene rings is 3. The number of hydrogen-bond donors (Lipinski definition) is 1. The number of ether oxygens (including phenoxy) is 1. The number of carbonyl (C=O) groups excluding carboxylic acids is 1. The molecule has 8 heteroatoms. The molecule has 0 aliphatic carbocycles. The van der Waals surface area contributed by atoms with Gasteiger partial charge in [-0.05, 0) is 55.5 Å². The van der Waals surface area contributed by atoms with Crippen molar-refractivity contribution in [3.05, 3.63) is 96.8 Å². The molecule has 0 aliphatic rings. The Morgan fingerprint density at radius 1 is 1.06 bits per heavy atom. The first kappa shape index (κ1) is 23.0. The number of halogens is 1. The number of sulfonamides is 1. The standard InChI is InChI=1S/C24H23FN2O4S/c1-3-16-31-20-12-10-19(11-13-20)26-24(28)17-27(23-7-5-4-6-22(23)25)32(29,30)21-14-8-18(2)9-15-21/h3-15H,1,16-17H2,2H3,(H,26,28). The Morgan fingerprint density at radius 3 is 2.34 bits per heavy atom. The molecule has 0 bridgehead atoms. The normalized spacial score (nSPS) is 10.9. The average Bonchev–Trinajstić information content (AvgIpc) is 2.78. The third kappa shape index (κ3) is 5.53. The molecular formula is C24H23FN2O4S. The van der Waals surface area contributed by atoms with Crippen molar-refractivity contribution in [3.63, 3.8) is 0 Å². The predicted molar refractivity (Wildman–Crippen MR) is 123 cm³/mol. The highest BCUT2D eigenvalue weighted by molar-refractivity contribution is 7.92. The zero-order valence-electron chi connectivity index (χ0n) is 17.5. The molecular weight excluding hydrogens is 431 g/mol. The first-order valence-corrected chi connectivity index (χ1v) is 11.2. The summed E-state index contributed by atoms with van der Waals surface area (Å²) in [6, 6.07) is 18.1. The second-order valence-electron chi connectivity index (χ2n) is 6.95. The molecule has 3 aromatic rings. The van der Waals surface area contributed by atoms with Crippen molar-refractivity contribution in [2.24, 2.45) is 0 Å². The Morgan fingerprint density at radius 2 is 1.72 bits per heavy atom. The lowest BCUT2D eigenvalue weighted by Gasteiger charge is -2.24. The number of carbonyl (C=O) groups is 1. The predicted octanol–water partition coefficient (Wildman–Crippen LogP) is 4.53. The molecule has 0 radical (unpaired) electrons. The molecule has 0 unspecified atom stereocenters. The van der Waals surface area contributed by atoms with E-state index >= 15 is 0 Å². The van der Waals surface area contributed by atoms with E-state index in [1.807, 2.05) is 6.92 Å². The van der Waals surface area contributed by atoms with E-state index in [0.29, 0.717) is 18.0 Å². The number of nitrogens with zero attached hydrogens (tertiary/aromatic N) is 1. The van der Waals surface area contributed by atoms with E-state index in [1.165, 1.54) is 30.3 Å². The maximum absolute atomic E-state index is 14.5. The van der Waals surface area contributed by atoms with Crippen LogP contribution in [0, 0.1) is 12.7 Å². The molecule has 32 heavy (non-hydrogen) atoms. The van der Waals surface area contributed by atoms with Gasteiger partial charge in [-0.1, -0.05) is 42.5 Å². The quantitative estimate of drug-likeness (QED) is 0.482. The Balaban J connectivity index is 1.86. The summed E-state index contributed by atoms with van der Waals surface area (Å²) < 4.78 is 47.2. The van der Waals surface area contributed by atoms with E-state index in [2.05, 4.69) is 11.9 Å². The minimum absolute atomic E-state index is 0.0390. The lowest BCUT2D eigenvalue weighted by atomic mass is 10.2. The third-order valence-electron chi connectivity index (χ3n) is 4.52. The summed E-state index contributed by atoms with van der Waals surface area (Å²) >= 11 is 0. The third-order valence-corrected chi connectivity index (χ3v) is 6.30. The largest absolute Gasteiger partial charge is 0.490 e. The van der Waals surface area contributed by atoms with Crippen LogP contribution in [0.1, 0.15) is 5.56 Å². The fourth-order valence-corrected chi connectivity index (χ4v) is 4.34. The maximum atomic E-state index is 14.5. The molecule has 0 fully saturated rings. The van der Waals surface area contributed by atoms with Crippen LogP contribution in [0.2, 0.25) is 0 Å². The second-order valence-corrected chi connectivity index (χ2v) is 8.81. The Hall–Kier alpha value is -3.65. The topological polar surface area (TPSA) is 75.7 Å². The van der Waals surface area contributed by atoms with Crippen molar-refractivity contribution in [1.82, 2.24) is 0 Å². The van der Waals surface area contributed by atoms with E-state index in [9.17, 15) is 17.6 Å². The van der Waals surface area contributed by atoms with Crippen LogP contribution in [0.15, 0.2) is 90.3 Å². The van der Waals surface area contributed by atoms with Crippen LogP contribution in [0.3, 0.4) is 0 Å². The minimum atomic E-state index is -4.19. The van der Waals surface area contributed by atoms with E-state index in [4.69, 9.17) is 4.74 Å². The first-order chi connectivity index (χ1) is 15.3. The van der Waals surface area contributed by atoms with Gasteiger partial charge in [0, 0.05) is 5.69 Å². The van der Waals surface area contributed by atoms with Gasteiger partial charge in [0.1, 0.15) is 24.7 Å². The van der Waals surface area contributed by atoms with Gasteiger partial charge in [-0.15, -0.1) is 0 Å². The van der Waals surface area contributed by atoms with Gasteiger partial charge in [0.15, 0.2) is 0 Å². The molecule has 1 amide bonds. The zero-order valence-corrected chi connectivity index (χ0v) is 18.3. The van der Waals surface area contributed by atoms with Crippen LogP contribution in [0.25, 0.3) is 0 Å². The Labute approximate surface area is 187 Å². The SMILES string of the molecule is C=CCOc1ccc(NC(=O)CN(c2ccccc2F)S(=O)(=O)c2ccc(C)cc2)cc1. The number of aryl methyl sites for hydroxylation is 1. The maximum Gasteiger partial charge on any atom is 0.264 e. The van der Waals surface area contributed by atoms with Crippen LogP contribution < -0.4 is 14.4 Å². The zero-order chi connectivity index (χ0) is 23.1. The molecule has 0 heterocycles. The molecule has 6 nitrogen and oxygen atoms in total. The number of nitrogens with one attached hydrogen (secondary N) is 1.